The first-order valence-corrected chi connectivity index (χ1v) is 7.50. The molecule has 0 aliphatic carbocycles. The van der Waals surface area contributed by atoms with Crippen LogP contribution in [0.4, 0.5) is 4.79 Å². The number of nitrogens with one attached hydrogen (secondary N) is 1. The molecule has 0 heterocycles. The molecule has 134 valence electrons. The van der Waals surface area contributed by atoms with E-state index in [1.54, 1.807) is 48.5 Å². The zero-order valence-electron chi connectivity index (χ0n) is 15.0. The Morgan fingerprint density at radius 1 is 1.00 bits per heavy atom. The predicted octanol–water partition coefficient (Wildman–Crippen LogP) is 2.88. The number of hydrogen-bond acceptors (Lipinski definition) is 4. The van der Waals surface area contributed by atoms with Crippen LogP contribution in [-0.4, -0.2) is 39.9 Å². The Bertz CT molecular complexity index is 462. The van der Waals surface area contributed by atoms with Gasteiger partial charge in [0.2, 0.25) is 0 Å². The molecule has 0 spiro atoms. The van der Waals surface area contributed by atoms with Gasteiger partial charge in [-0.25, -0.2) is 9.59 Å². The van der Waals surface area contributed by atoms with Crippen LogP contribution in [0.1, 0.15) is 61.3 Å². The van der Waals surface area contributed by atoms with Crippen LogP contribution in [0, 0.1) is 10.8 Å². The third kappa shape index (κ3) is 8.42. The van der Waals surface area contributed by atoms with Crippen molar-refractivity contribution in [1.29, 1.82) is 0 Å². The summed E-state index contributed by atoms with van der Waals surface area (Å²) < 4.78 is 5.10. The van der Waals surface area contributed by atoms with E-state index in [0.717, 1.165) is 0 Å². The average Bonchev–Trinajstić information content (AvgIpc) is 2.18. The maximum absolute atomic E-state index is 11.9. The van der Waals surface area contributed by atoms with Crippen molar-refractivity contribution < 1.29 is 29.3 Å². The molecule has 0 aromatic heterocycles. The lowest BCUT2D eigenvalue weighted by Crippen LogP contribution is -2.52. The van der Waals surface area contributed by atoms with E-state index >= 15 is 0 Å². The van der Waals surface area contributed by atoms with E-state index in [4.69, 9.17) is 9.84 Å². The van der Waals surface area contributed by atoms with Gasteiger partial charge >= 0.3 is 18.0 Å². The molecule has 0 saturated heterocycles. The summed E-state index contributed by atoms with van der Waals surface area (Å²) in [6, 6.07) is -1.19. The molecule has 0 aliphatic heterocycles. The van der Waals surface area contributed by atoms with Gasteiger partial charge in [0.15, 0.2) is 0 Å². The first-order valence-electron chi connectivity index (χ1n) is 7.50. The molecule has 0 rings (SSSR count). The number of ether oxygens (including phenoxy) is 1. The third-order valence-electron chi connectivity index (χ3n) is 3.25. The monoisotopic (exact) mass is 331 g/mol. The highest BCUT2D eigenvalue weighted by atomic mass is 16.6. The van der Waals surface area contributed by atoms with Gasteiger partial charge in [-0.15, -0.1) is 0 Å². The molecular formula is C16H29NO6. The Morgan fingerprint density at radius 2 is 1.48 bits per heavy atom. The van der Waals surface area contributed by atoms with Gasteiger partial charge in [-0.3, -0.25) is 4.79 Å². The van der Waals surface area contributed by atoms with Crippen molar-refractivity contribution in [2.24, 2.45) is 10.8 Å². The number of alkyl carbamates (subject to hydrolysis) is 1. The van der Waals surface area contributed by atoms with Gasteiger partial charge in [-0.2, -0.15) is 0 Å². The smallest absolute Gasteiger partial charge is 0.408 e. The minimum atomic E-state index is -1.19. The molecule has 1 amide bonds. The van der Waals surface area contributed by atoms with E-state index in [1.807, 2.05) is 0 Å². The normalized spacial score (nSPS) is 14.0. The zero-order valence-corrected chi connectivity index (χ0v) is 15.0. The van der Waals surface area contributed by atoms with Crippen molar-refractivity contribution in [2.75, 3.05) is 0 Å². The quantitative estimate of drug-likeness (QED) is 0.661. The number of rotatable bonds is 7. The lowest BCUT2D eigenvalue weighted by Gasteiger charge is -2.38. The Labute approximate surface area is 137 Å². The number of hydrogen-bond donors (Lipinski definition) is 3. The SMILES string of the molecule is CC(C)(CC(=O)O)CC(C)(C)[C@H](NC(=O)OC(C)(C)C)C(=O)O. The molecule has 0 aromatic rings. The summed E-state index contributed by atoms with van der Waals surface area (Å²) in [6.07, 6.45) is -0.595. The molecule has 0 fully saturated rings. The van der Waals surface area contributed by atoms with Gasteiger partial charge in [0.25, 0.3) is 0 Å². The fraction of sp³-hybridized carbons (Fsp3) is 0.812. The van der Waals surface area contributed by atoms with Crippen LogP contribution in [0.2, 0.25) is 0 Å². The van der Waals surface area contributed by atoms with E-state index in [1.165, 1.54) is 0 Å². The number of amides is 1. The lowest BCUT2D eigenvalue weighted by molar-refractivity contribution is -0.143. The minimum absolute atomic E-state index is 0.0881. The summed E-state index contributed by atoms with van der Waals surface area (Å²) in [6.45, 7) is 11.9. The lowest BCUT2D eigenvalue weighted by atomic mass is 9.69. The van der Waals surface area contributed by atoms with Gasteiger partial charge in [0.1, 0.15) is 11.6 Å². The summed E-state index contributed by atoms with van der Waals surface area (Å²) in [5.41, 5.74) is -2.21. The fourth-order valence-electron chi connectivity index (χ4n) is 2.82. The summed E-state index contributed by atoms with van der Waals surface area (Å²) in [4.78, 5) is 34.4. The molecule has 23 heavy (non-hydrogen) atoms. The third-order valence-corrected chi connectivity index (χ3v) is 3.25. The number of aliphatic carboxylic acids is 2. The van der Waals surface area contributed by atoms with Crippen LogP contribution in [0.3, 0.4) is 0 Å². The number of carbonyl (C=O) groups is 3. The molecule has 0 saturated carbocycles. The second-order valence-corrected chi connectivity index (χ2v) is 8.32. The van der Waals surface area contributed by atoms with Crippen molar-refractivity contribution in [1.82, 2.24) is 5.32 Å². The summed E-state index contributed by atoms with van der Waals surface area (Å²) in [5.74, 6) is -2.13. The Kier molecular flexibility index (Phi) is 6.63. The molecule has 7 nitrogen and oxygen atoms in total. The van der Waals surface area contributed by atoms with Crippen LogP contribution in [0.25, 0.3) is 0 Å². The standard InChI is InChI=1S/C16H29NO6/c1-14(2,3)23-13(22)17-11(12(20)21)16(6,7)9-15(4,5)8-10(18)19/h11H,8-9H2,1-7H3,(H,17,22)(H,18,19)(H,20,21)/t11-/m1/s1. The van der Waals surface area contributed by atoms with Gasteiger partial charge < -0.3 is 20.3 Å². The van der Waals surface area contributed by atoms with E-state index in [9.17, 15) is 19.5 Å². The first kappa shape index (κ1) is 21.2. The topological polar surface area (TPSA) is 113 Å². The first-order chi connectivity index (χ1) is 10.1. The fourth-order valence-corrected chi connectivity index (χ4v) is 2.82. The minimum Gasteiger partial charge on any atom is -0.481 e. The summed E-state index contributed by atoms with van der Waals surface area (Å²) >= 11 is 0. The maximum atomic E-state index is 11.9. The van der Waals surface area contributed by atoms with Gasteiger partial charge in [-0.05, 0) is 38.0 Å². The molecule has 0 bridgehead atoms. The highest BCUT2D eigenvalue weighted by Gasteiger charge is 2.41. The van der Waals surface area contributed by atoms with Gasteiger partial charge in [-0.1, -0.05) is 27.7 Å². The van der Waals surface area contributed by atoms with Gasteiger partial charge in [0, 0.05) is 0 Å². The number of carboxylic acid groups (broad SMARTS) is 2. The summed E-state index contributed by atoms with van der Waals surface area (Å²) in [5, 5.41) is 20.8. The van der Waals surface area contributed by atoms with Crippen molar-refractivity contribution in [3.05, 3.63) is 0 Å². The van der Waals surface area contributed by atoms with Gasteiger partial charge in [0.05, 0.1) is 6.42 Å². The van der Waals surface area contributed by atoms with Crippen LogP contribution >= 0.6 is 0 Å². The predicted molar refractivity (Wildman–Crippen MR) is 85.2 cm³/mol. The second-order valence-electron chi connectivity index (χ2n) is 8.32. The van der Waals surface area contributed by atoms with E-state index in [0.29, 0.717) is 6.42 Å². The molecule has 7 heteroatoms. The Hall–Kier alpha value is -1.79. The molecule has 0 unspecified atom stereocenters. The van der Waals surface area contributed by atoms with Crippen LogP contribution in [-0.2, 0) is 14.3 Å². The van der Waals surface area contributed by atoms with Crippen molar-refractivity contribution in [2.45, 2.75) is 73.0 Å². The largest absolute Gasteiger partial charge is 0.481 e. The Balaban J connectivity index is 5.16. The summed E-state index contributed by atoms with van der Waals surface area (Å²) in [7, 11) is 0. The Morgan fingerprint density at radius 3 is 1.83 bits per heavy atom. The molecule has 0 radical (unpaired) electrons. The number of carbonyl (C=O) groups excluding carboxylic acids is 1. The highest BCUT2D eigenvalue weighted by Crippen LogP contribution is 2.38. The van der Waals surface area contributed by atoms with E-state index < -0.39 is 40.5 Å². The van der Waals surface area contributed by atoms with E-state index in [2.05, 4.69) is 5.32 Å². The van der Waals surface area contributed by atoms with Crippen molar-refractivity contribution in [3.8, 4) is 0 Å². The van der Waals surface area contributed by atoms with Crippen LogP contribution < -0.4 is 5.32 Å². The van der Waals surface area contributed by atoms with E-state index in [-0.39, 0.29) is 6.42 Å². The molecule has 3 N–H and O–H groups in total. The van der Waals surface area contributed by atoms with Crippen LogP contribution in [0.5, 0.6) is 0 Å². The molecule has 1 atom stereocenters. The molecular weight excluding hydrogens is 302 g/mol. The highest BCUT2D eigenvalue weighted by molar-refractivity contribution is 5.81. The molecule has 0 aromatic carbocycles. The van der Waals surface area contributed by atoms with Crippen molar-refractivity contribution >= 4 is 18.0 Å². The average molecular weight is 331 g/mol. The molecule has 0 aliphatic rings. The maximum Gasteiger partial charge on any atom is 0.408 e. The zero-order chi connectivity index (χ0) is 18.6. The van der Waals surface area contributed by atoms with Crippen LogP contribution in [0.15, 0.2) is 0 Å². The van der Waals surface area contributed by atoms with Crippen molar-refractivity contribution in [3.63, 3.8) is 0 Å². The number of carboxylic acids is 2. The second kappa shape index (κ2) is 7.19.